The Balaban J connectivity index is 2.35. The standard InChI is InChI=1S/C14H20O/c1-9-5-8-12(15)13(9)11-7-6-10(2)14(11,3)4/h6,11H,5,7-8H2,1-4H3. The van der Waals surface area contributed by atoms with Crippen LogP contribution in [0.5, 0.6) is 0 Å². The zero-order valence-electron chi connectivity index (χ0n) is 10.2. The van der Waals surface area contributed by atoms with Crippen molar-refractivity contribution < 1.29 is 4.79 Å². The van der Waals surface area contributed by atoms with Gasteiger partial charge in [-0.1, -0.05) is 31.1 Å². The van der Waals surface area contributed by atoms with Gasteiger partial charge >= 0.3 is 0 Å². The van der Waals surface area contributed by atoms with Crippen molar-refractivity contribution in [3.05, 3.63) is 22.8 Å². The number of hydrogen-bond donors (Lipinski definition) is 0. The highest BCUT2D eigenvalue weighted by atomic mass is 16.1. The molecule has 0 saturated heterocycles. The van der Waals surface area contributed by atoms with Crippen LogP contribution >= 0.6 is 0 Å². The quantitative estimate of drug-likeness (QED) is 0.596. The third-order valence-corrected chi connectivity index (χ3v) is 4.38. The van der Waals surface area contributed by atoms with Crippen molar-refractivity contribution in [3.8, 4) is 0 Å². The number of rotatable bonds is 1. The van der Waals surface area contributed by atoms with Gasteiger partial charge in [-0.15, -0.1) is 0 Å². The fourth-order valence-corrected chi connectivity index (χ4v) is 2.91. The monoisotopic (exact) mass is 204 g/mol. The second-order valence-corrected chi connectivity index (χ2v) is 5.51. The predicted molar refractivity (Wildman–Crippen MR) is 62.6 cm³/mol. The van der Waals surface area contributed by atoms with Crippen molar-refractivity contribution in [2.24, 2.45) is 11.3 Å². The largest absolute Gasteiger partial charge is 0.295 e. The van der Waals surface area contributed by atoms with Gasteiger partial charge in [-0.2, -0.15) is 0 Å². The lowest BCUT2D eigenvalue weighted by Gasteiger charge is -2.30. The molecule has 15 heavy (non-hydrogen) atoms. The van der Waals surface area contributed by atoms with Crippen LogP contribution < -0.4 is 0 Å². The summed E-state index contributed by atoms with van der Waals surface area (Å²) in [6.07, 6.45) is 5.08. The van der Waals surface area contributed by atoms with E-state index >= 15 is 0 Å². The number of carbonyl (C=O) groups excluding carboxylic acids is 1. The van der Waals surface area contributed by atoms with Crippen molar-refractivity contribution >= 4 is 5.78 Å². The Morgan fingerprint density at radius 3 is 2.33 bits per heavy atom. The van der Waals surface area contributed by atoms with E-state index in [1.807, 2.05) is 0 Å². The maximum Gasteiger partial charge on any atom is 0.159 e. The molecule has 0 aliphatic heterocycles. The van der Waals surface area contributed by atoms with E-state index in [1.54, 1.807) is 0 Å². The Hall–Kier alpha value is -0.850. The summed E-state index contributed by atoms with van der Waals surface area (Å²) in [7, 11) is 0. The molecule has 2 aliphatic carbocycles. The molecule has 0 amide bonds. The van der Waals surface area contributed by atoms with Crippen LogP contribution in [0.3, 0.4) is 0 Å². The normalized spacial score (nSPS) is 30.0. The summed E-state index contributed by atoms with van der Waals surface area (Å²) in [6, 6.07) is 0. The fraction of sp³-hybridized carbons (Fsp3) is 0.643. The highest BCUT2D eigenvalue weighted by Crippen LogP contribution is 2.49. The molecular weight excluding hydrogens is 184 g/mol. The molecule has 1 nitrogen and oxygen atoms in total. The fourth-order valence-electron chi connectivity index (χ4n) is 2.91. The molecule has 1 heteroatoms. The Kier molecular flexibility index (Phi) is 2.37. The second-order valence-electron chi connectivity index (χ2n) is 5.51. The second kappa shape index (κ2) is 3.33. The van der Waals surface area contributed by atoms with E-state index < -0.39 is 0 Å². The molecule has 0 aromatic heterocycles. The minimum absolute atomic E-state index is 0.177. The molecule has 0 N–H and O–H groups in total. The van der Waals surface area contributed by atoms with Gasteiger partial charge in [0.2, 0.25) is 0 Å². The van der Waals surface area contributed by atoms with Gasteiger partial charge in [0.15, 0.2) is 5.78 Å². The molecule has 0 fully saturated rings. The van der Waals surface area contributed by atoms with Gasteiger partial charge in [0.05, 0.1) is 0 Å². The maximum absolute atomic E-state index is 11.9. The minimum atomic E-state index is 0.177. The predicted octanol–water partition coefficient (Wildman–Crippen LogP) is 3.66. The zero-order chi connectivity index (χ0) is 11.2. The smallest absolute Gasteiger partial charge is 0.159 e. The van der Waals surface area contributed by atoms with E-state index in [0.29, 0.717) is 11.7 Å². The lowest BCUT2D eigenvalue weighted by atomic mass is 9.73. The van der Waals surface area contributed by atoms with E-state index in [2.05, 4.69) is 33.8 Å². The van der Waals surface area contributed by atoms with Crippen LogP contribution in [0.1, 0.15) is 47.0 Å². The van der Waals surface area contributed by atoms with Crippen molar-refractivity contribution in [1.29, 1.82) is 0 Å². The molecular formula is C14H20O. The van der Waals surface area contributed by atoms with Crippen molar-refractivity contribution in [2.75, 3.05) is 0 Å². The lowest BCUT2D eigenvalue weighted by molar-refractivity contribution is -0.115. The van der Waals surface area contributed by atoms with Gasteiger partial charge in [-0.3, -0.25) is 4.79 Å². The molecule has 0 aromatic rings. The van der Waals surface area contributed by atoms with E-state index in [1.165, 1.54) is 11.1 Å². The van der Waals surface area contributed by atoms with Gasteiger partial charge in [-0.25, -0.2) is 0 Å². The number of hydrogen-bond acceptors (Lipinski definition) is 1. The van der Waals surface area contributed by atoms with Crippen molar-refractivity contribution in [3.63, 3.8) is 0 Å². The van der Waals surface area contributed by atoms with Gasteiger partial charge < -0.3 is 0 Å². The molecule has 0 saturated carbocycles. The van der Waals surface area contributed by atoms with E-state index in [0.717, 1.165) is 24.8 Å². The van der Waals surface area contributed by atoms with Gasteiger partial charge in [0.25, 0.3) is 0 Å². The molecule has 0 radical (unpaired) electrons. The molecule has 2 aliphatic rings. The molecule has 2 rings (SSSR count). The van der Waals surface area contributed by atoms with E-state index in [-0.39, 0.29) is 5.41 Å². The van der Waals surface area contributed by atoms with Crippen LogP contribution in [0.2, 0.25) is 0 Å². The lowest BCUT2D eigenvalue weighted by Crippen LogP contribution is -2.24. The molecule has 0 aromatic carbocycles. The first-order chi connectivity index (χ1) is 6.94. The third kappa shape index (κ3) is 1.49. The van der Waals surface area contributed by atoms with Gasteiger partial charge in [0, 0.05) is 6.42 Å². The highest BCUT2D eigenvalue weighted by Gasteiger charge is 2.41. The first-order valence-corrected chi connectivity index (χ1v) is 5.84. The first-order valence-electron chi connectivity index (χ1n) is 5.84. The van der Waals surface area contributed by atoms with Gasteiger partial charge in [-0.05, 0) is 43.6 Å². The number of carbonyl (C=O) groups is 1. The van der Waals surface area contributed by atoms with Crippen LogP contribution in [-0.4, -0.2) is 5.78 Å². The number of allylic oxidation sites excluding steroid dienone is 4. The minimum Gasteiger partial charge on any atom is -0.295 e. The summed E-state index contributed by atoms with van der Waals surface area (Å²) in [5.41, 5.74) is 4.10. The highest BCUT2D eigenvalue weighted by molar-refractivity contribution is 5.99. The topological polar surface area (TPSA) is 17.1 Å². The summed E-state index contributed by atoms with van der Waals surface area (Å²) in [4.78, 5) is 11.9. The Bertz CT molecular complexity index is 369. The van der Waals surface area contributed by atoms with Crippen LogP contribution in [0, 0.1) is 11.3 Å². The average molecular weight is 204 g/mol. The van der Waals surface area contributed by atoms with E-state index in [4.69, 9.17) is 0 Å². The first kappa shape index (κ1) is 10.7. The Morgan fingerprint density at radius 2 is 1.93 bits per heavy atom. The summed E-state index contributed by atoms with van der Waals surface area (Å²) >= 11 is 0. The summed E-state index contributed by atoms with van der Waals surface area (Å²) in [5, 5.41) is 0. The maximum atomic E-state index is 11.9. The Labute approximate surface area is 92.3 Å². The van der Waals surface area contributed by atoms with E-state index in [9.17, 15) is 4.79 Å². The van der Waals surface area contributed by atoms with Crippen LogP contribution in [-0.2, 0) is 4.79 Å². The number of Topliss-reactive ketones (excluding diaryl/α,β-unsaturated/α-hetero) is 1. The van der Waals surface area contributed by atoms with Crippen molar-refractivity contribution in [2.45, 2.75) is 47.0 Å². The average Bonchev–Trinajstić information content (AvgIpc) is 2.59. The zero-order valence-corrected chi connectivity index (χ0v) is 10.2. The Morgan fingerprint density at radius 1 is 1.27 bits per heavy atom. The summed E-state index contributed by atoms with van der Waals surface area (Å²) in [5.74, 6) is 0.834. The third-order valence-electron chi connectivity index (χ3n) is 4.38. The van der Waals surface area contributed by atoms with Crippen LogP contribution in [0.25, 0.3) is 0 Å². The molecule has 1 unspecified atom stereocenters. The van der Waals surface area contributed by atoms with Crippen LogP contribution in [0.4, 0.5) is 0 Å². The summed E-state index contributed by atoms with van der Waals surface area (Å²) in [6.45, 7) is 8.85. The molecule has 0 bridgehead atoms. The van der Waals surface area contributed by atoms with Crippen molar-refractivity contribution in [1.82, 2.24) is 0 Å². The molecule has 0 spiro atoms. The summed E-state index contributed by atoms with van der Waals surface area (Å²) < 4.78 is 0. The van der Waals surface area contributed by atoms with Crippen LogP contribution in [0.15, 0.2) is 22.8 Å². The molecule has 82 valence electrons. The SMILES string of the molecule is CC1=CCC(C2=C(C)CCC2=O)C1(C)C. The molecule has 0 heterocycles. The number of ketones is 1. The van der Waals surface area contributed by atoms with Gasteiger partial charge in [0.1, 0.15) is 0 Å². The molecule has 1 atom stereocenters.